The average Bonchev–Trinajstić information content (AvgIpc) is 2.25. The molecule has 19 heavy (non-hydrogen) atoms. The Bertz CT molecular complexity index is 321. The Morgan fingerprint density at radius 3 is 1.16 bits per heavy atom. The summed E-state index contributed by atoms with van der Waals surface area (Å²) in [5.74, 6) is 0. The molecule has 0 aliphatic carbocycles. The van der Waals surface area contributed by atoms with Crippen LogP contribution in [-0.4, -0.2) is 43.4 Å². The lowest BCUT2D eigenvalue weighted by molar-refractivity contribution is -0.397. The highest BCUT2D eigenvalue weighted by atomic mass is 16.6. The first-order chi connectivity index (χ1) is 8.65. The Kier molecular flexibility index (Phi) is 2.86. The highest BCUT2D eigenvalue weighted by Crippen LogP contribution is 2.49. The lowest BCUT2D eigenvalue weighted by Gasteiger charge is -2.63. The Hall–Kier alpha value is -0.160. The van der Waals surface area contributed by atoms with Gasteiger partial charge in [-0.25, -0.2) is 4.90 Å². The monoisotopic (exact) mass is 269 g/mol. The minimum Gasteiger partial charge on any atom is -0.362 e. The summed E-state index contributed by atoms with van der Waals surface area (Å²) in [6, 6.07) is 0. The zero-order valence-corrected chi connectivity index (χ0v) is 13.0. The second kappa shape index (κ2) is 3.94. The van der Waals surface area contributed by atoms with Crippen molar-refractivity contribution in [1.29, 1.82) is 0 Å². The van der Waals surface area contributed by atoms with Gasteiger partial charge in [-0.15, -0.1) is 0 Å². The van der Waals surface area contributed by atoms with Crippen molar-refractivity contribution in [3.05, 3.63) is 0 Å². The molecule has 0 N–H and O–H groups in total. The molecule has 0 saturated carbocycles. The molecule has 3 saturated heterocycles. The van der Waals surface area contributed by atoms with E-state index >= 15 is 0 Å². The molecule has 3 aliphatic rings. The van der Waals surface area contributed by atoms with Gasteiger partial charge >= 0.3 is 0 Å². The van der Waals surface area contributed by atoms with Crippen LogP contribution < -0.4 is 0 Å². The van der Waals surface area contributed by atoms with E-state index in [-0.39, 0.29) is 34.9 Å². The number of nitrogens with zero attached hydrogens (tertiary/aromatic N) is 1. The minimum atomic E-state index is 0.00201. The molecule has 3 fully saturated rings. The molecule has 4 nitrogen and oxygen atoms in total. The van der Waals surface area contributed by atoms with E-state index in [0.717, 1.165) is 19.8 Å². The summed E-state index contributed by atoms with van der Waals surface area (Å²) in [4.78, 5) is 2.34. The van der Waals surface area contributed by atoms with Crippen LogP contribution in [0.15, 0.2) is 0 Å². The molecule has 3 aliphatic heterocycles. The fraction of sp³-hybridized carbons (Fsp3) is 1.00. The van der Waals surface area contributed by atoms with Gasteiger partial charge in [-0.2, -0.15) is 0 Å². The van der Waals surface area contributed by atoms with Gasteiger partial charge in [0, 0.05) is 16.2 Å². The van der Waals surface area contributed by atoms with Crippen molar-refractivity contribution in [2.24, 2.45) is 16.2 Å². The van der Waals surface area contributed by atoms with Gasteiger partial charge in [-0.05, 0) is 0 Å². The summed E-state index contributed by atoms with van der Waals surface area (Å²) in [6.45, 7) is 15.5. The van der Waals surface area contributed by atoms with Crippen LogP contribution in [0.5, 0.6) is 0 Å². The summed E-state index contributed by atoms with van der Waals surface area (Å²) in [7, 11) is 0. The van der Waals surface area contributed by atoms with E-state index in [2.05, 4.69) is 46.4 Å². The van der Waals surface area contributed by atoms with Crippen LogP contribution >= 0.6 is 0 Å². The zero-order valence-electron chi connectivity index (χ0n) is 13.0. The maximum atomic E-state index is 6.21. The number of rotatable bonds is 0. The van der Waals surface area contributed by atoms with E-state index in [9.17, 15) is 0 Å². The molecule has 4 heteroatoms. The van der Waals surface area contributed by atoms with Crippen molar-refractivity contribution in [3.8, 4) is 0 Å². The van der Waals surface area contributed by atoms with Crippen LogP contribution in [0.1, 0.15) is 41.5 Å². The molecule has 0 radical (unpaired) electrons. The van der Waals surface area contributed by atoms with Crippen molar-refractivity contribution in [3.63, 3.8) is 0 Å². The predicted octanol–water partition coefficient (Wildman–Crippen LogP) is 2.44. The standard InChI is InChI=1S/C15H27NO3/c1-13(2)7-17-11-15(5,6)9-19-12-14(3,4)8-18-10(13)16(11)12/h10-12H,7-9H2,1-6H3/t10-,11-,12-/m0/s1. The second-order valence-electron chi connectivity index (χ2n) is 8.40. The van der Waals surface area contributed by atoms with Gasteiger partial charge in [0.2, 0.25) is 0 Å². The van der Waals surface area contributed by atoms with Crippen LogP contribution in [-0.2, 0) is 14.2 Å². The maximum absolute atomic E-state index is 6.21. The highest BCUT2D eigenvalue weighted by molar-refractivity contribution is 5.00. The average molecular weight is 269 g/mol. The normalized spacial score (nSPS) is 43.6. The van der Waals surface area contributed by atoms with Gasteiger partial charge in [0.1, 0.15) is 18.7 Å². The molecule has 0 spiro atoms. The molecule has 0 aromatic rings. The maximum Gasteiger partial charge on any atom is 0.122 e. The van der Waals surface area contributed by atoms with Crippen LogP contribution in [0.3, 0.4) is 0 Å². The third-order valence-electron chi connectivity index (χ3n) is 4.66. The molecule has 0 bridgehead atoms. The lowest BCUT2D eigenvalue weighted by Crippen LogP contribution is -2.74. The molecular formula is C15H27NO3. The van der Waals surface area contributed by atoms with Gasteiger partial charge in [-0.1, -0.05) is 41.5 Å². The molecule has 0 unspecified atom stereocenters. The third kappa shape index (κ3) is 1.96. The van der Waals surface area contributed by atoms with Crippen molar-refractivity contribution < 1.29 is 14.2 Å². The van der Waals surface area contributed by atoms with Gasteiger partial charge in [0.05, 0.1) is 19.8 Å². The minimum absolute atomic E-state index is 0.00201. The summed E-state index contributed by atoms with van der Waals surface area (Å²) >= 11 is 0. The molecule has 0 amide bonds. The fourth-order valence-electron chi connectivity index (χ4n) is 3.61. The molecule has 3 heterocycles. The van der Waals surface area contributed by atoms with Crippen molar-refractivity contribution in [2.75, 3.05) is 19.8 Å². The van der Waals surface area contributed by atoms with E-state index in [0.29, 0.717) is 0 Å². The fourth-order valence-corrected chi connectivity index (χ4v) is 3.61. The molecule has 3 atom stereocenters. The van der Waals surface area contributed by atoms with Crippen LogP contribution in [0, 0.1) is 16.2 Å². The molecule has 0 aromatic carbocycles. The zero-order chi connectivity index (χ0) is 14.1. The van der Waals surface area contributed by atoms with E-state index in [1.807, 2.05) is 0 Å². The summed E-state index contributed by atoms with van der Waals surface area (Å²) in [5.41, 5.74) is 0.00604. The smallest absolute Gasteiger partial charge is 0.122 e. The second-order valence-corrected chi connectivity index (χ2v) is 8.40. The van der Waals surface area contributed by atoms with Crippen molar-refractivity contribution in [2.45, 2.75) is 60.2 Å². The Morgan fingerprint density at radius 1 is 0.632 bits per heavy atom. The third-order valence-corrected chi connectivity index (χ3v) is 4.66. The first kappa shape index (κ1) is 13.8. The van der Waals surface area contributed by atoms with Gasteiger partial charge in [0.15, 0.2) is 0 Å². The van der Waals surface area contributed by atoms with Crippen molar-refractivity contribution >= 4 is 0 Å². The largest absolute Gasteiger partial charge is 0.362 e. The summed E-state index contributed by atoms with van der Waals surface area (Å²) in [6.07, 6.45) is 0.261. The van der Waals surface area contributed by atoms with Crippen LogP contribution in [0.2, 0.25) is 0 Å². The van der Waals surface area contributed by atoms with E-state index in [4.69, 9.17) is 14.2 Å². The topological polar surface area (TPSA) is 30.9 Å². The van der Waals surface area contributed by atoms with Gasteiger partial charge < -0.3 is 14.2 Å². The Morgan fingerprint density at radius 2 is 0.895 bits per heavy atom. The first-order valence-corrected chi connectivity index (χ1v) is 7.27. The van der Waals surface area contributed by atoms with Gasteiger partial charge in [-0.3, -0.25) is 0 Å². The van der Waals surface area contributed by atoms with E-state index in [1.54, 1.807) is 0 Å². The van der Waals surface area contributed by atoms with E-state index < -0.39 is 0 Å². The number of hydrogen-bond acceptors (Lipinski definition) is 4. The molecule has 110 valence electrons. The Labute approximate surface area is 116 Å². The number of hydrogen-bond donors (Lipinski definition) is 0. The molecular weight excluding hydrogens is 242 g/mol. The SMILES string of the molecule is CC1(C)CO[C@@H]2N3[C@H]1OCC(C)(C)[C@@H]3OCC2(C)C. The Balaban J connectivity index is 2.00. The quantitative estimate of drug-likeness (QED) is 0.676. The first-order valence-electron chi connectivity index (χ1n) is 7.27. The molecule has 0 aromatic heterocycles. The van der Waals surface area contributed by atoms with Crippen LogP contribution in [0.4, 0.5) is 0 Å². The van der Waals surface area contributed by atoms with Crippen LogP contribution in [0.25, 0.3) is 0 Å². The predicted molar refractivity (Wildman–Crippen MR) is 72.4 cm³/mol. The highest BCUT2D eigenvalue weighted by Gasteiger charge is 2.59. The lowest BCUT2D eigenvalue weighted by atomic mass is 9.78. The van der Waals surface area contributed by atoms with Gasteiger partial charge in [0.25, 0.3) is 0 Å². The van der Waals surface area contributed by atoms with Crippen molar-refractivity contribution in [1.82, 2.24) is 4.90 Å². The van der Waals surface area contributed by atoms with E-state index in [1.165, 1.54) is 0 Å². The number of ether oxygens (including phenoxy) is 3. The molecule has 3 rings (SSSR count). The summed E-state index contributed by atoms with van der Waals surface area (Å²) < 4.78 is 18.6. The summed E-state index contributed by atoms with van der Waals surface area (Å²) in [5, 5.41) is 0.